The average Bonchev–Trinajstić information content (AvgIpc) is 2.65. The molecule has 1 spiro atoms. The molecule has 2 heterocycles. The van der Waals surface area contributed by atoms with E-state index >= 15 is 0 Å². The summed E-state index contributed by atoms with van der Waals surface area (Å²) in [6, 6.07) is 0. The molecule has 0 aromatic rings. The largest absolute Gasteiger partial charge is 0.367 e. The van der Waals surface area contributed by atoms with Crippen LogP contribution in [0.3, 0.4) is 0 Å². The predicted octanol–water partition coefficient (Wildman–Crippen LogP) is 4.18. The Balaban J connectivity index is 2.04. The highest BCUT2D eigenvalue weighted by Gasteiger charge is 2.65. The van der Waals surface area contributed by atoms with Crippen LogP contribution in [0.4, 0.5) is 0 Å². The molecule has 2 saturated heterocycles. The highest BCUT2D eigenvalue weighted by molar-refractivity contribution is 5.25. The third-order valence-corrected chi connectivity index (χ3v) is 5.93. The lowest BCUT2D eigenvalue weighted by atomic mass is 9.76. The quantitative estimate of drug-likeness (QED) is 0.618. The molecule has 0 amide bonds. The molecule has 1 saturated carbocycles. The number of rotatable bonds is 1. The smallest absolute Gasteiger partial charge is 0.0784 e. The molecular formula is C16H26O. The van der Waals surface area contributed by atoms with Gasteiger partial charge in [-0.05, 0) is 50.4 Å². The zero-order valence-electron chi connectivity index (χ0n) is 11.8. The molecular weight excluding hydrogens is 208 g/mol. The average molecular weight is 234 g/mol. The molecule has 3 rings (SSSR count). The Kier molecular flexibility index (Phi) is 2.34. The predicted molar refractivity (Wildman–Crippen MR) is 70.8 cm³/mol. The zero-order chi connectivity index (χ0) is 12.4. The lowest BCUT2D eigenvalue weighted by molar-refractivity contribution is -0.155. The molecule has 1 nitrogen and oxygen atoms in total. The molecule has 1 aliphatic carbocycles. The van der Waals surface area contributed by atoms with E-state index in [1.165, 1.54) is 24.8 Å². The summed E-state index contributed by atoms with van der Waals surface area (Å²) in [6.07, 6.45) is 4.99. The lowest BCUT2D eigenvalue weighted by Crippen LogP contribution is -2.47. The van der Waals surface area contributed by atoms with Crippen LogP contribution in [0.2, 0.25) is 0 Å². The molecule has 5 atom stereocenters. The maximum Gasteiger partial charge on any atom is 0.0784 e. The van der Waals surface area contributed by atoms with E-state index < -0.39 is 0 Å². The van der Waals surface area contributed by atoms with Gasteiger partial charge in [-0.15, -0.1) is 0 Å². The summed E-state index contributed by atoms with van der Waals surface area (Å²) in [7, 11) is 0. The van der Waals surface area contributed by atoms with E-state index in [0.717, 1.165) is 12.3 Å². The minimum Gasteiger partial charge on any atom is -0.367 e. The Labute approximate surface area is 106 Å². The number of hydrogen-bond acceptors (Lipinski definition) is 1. The van der Waals surface area contributed by atoms with Gasteiger partial charge in [-0.3, -0.25) is 0 Å². The van der Waals surface area contributed by atoms with Crippen LogP contribution >= 0.6 is 0 Å². The second kappa shape index (κ2) is 3.38. The van der Waals surface area contributed by atoms with Crippen LogP contribution in [0.1, 0.15) is 53.4 Å². The third kappa shape index (κ3) is 1.35. The summed E-state index contributed by atoms with van der Waals surface area (Å²) in [5.41, 5.74) is 1.70. The van der Waals surface area contributed by atoms with Crippen LogP contribution in [0, 0.1) is 23.7 Å². The van der Waals surface area contributed by atoms with E-state index in [1.807, 2.05) is 0 Å². The first-order valence-electron chi connectivity index (χ1n) is 7.27. The fourth-order valence-electron chi connectivity index (χ4n) is 5.11. The molecule has 3 aliphatic rings. The van der Waals surface area contributed by atoms with Crippen molar-refractivity contribution in [3.8, 4) is 0 Å². The Bertz CT molecular complexity index is 359. The van der Waals surface area contributed by atoms with Gasteiger partial charge in [0, 0.05) is 5.92 Å². The Morgan fingerprint density at radius 2 is 2.06 bits per heavy atom. The van der Waals surface area contributed by atoms with Crippen LogP contribution < -0.4 is 0 Å². The van der Waals surface area contributed by atoms with Crippen molar-refractivity contribution in [1.29, 1.82) is 0 Å². The lowest BCUT2D eigenvalue weighted by Gasteiger charge is -2.45. The van der Waals surface area contributed by atoms with Crippen molar-refractivity contribution in [1.82, 2.24) is 0 Å². The van der Waals surface area contributed by atoms with Gasteiger partial charge < -0.3 is 4.74 Å². The SMILES string of the molecule is C=C1C[C@]2(C)O[C@]3(C[C@@H]2C(C)C)[C@@H](C)CC[C@@H]13. The molecule has 0 aromatic carbocycles. The summed E-state index contributed by atoms with van der Waals surface area (Å²) >= 11 is 0. The van der Waals surface area contributed by atoms with Gasteiger partial charge in [-0.25, -0.2) is 0 Å². The Morgan fingerprint density at radius 3 is 2.71 bits per heavy atom. The second-order valence-electron chi connectivity index (χ2n) is 7.29. The second-order valence-corrected chi connectivity index (χ2v) is 7.29. The van der Waals surface area contributed by atoms with Crippen LogP contribution in [-0.2, 0) is 4.74 Å². The van der Waals surface area contributed by atoms with Crippen molar-refractivity contribution in [2.75, 3.05) is 0 Å². The van der Waals surface area contributed by atoms with Gasteiger partial charge in [0.1, 0.15) is 0 Å². The fraction of sp³-hybridized carbons (Fsp3) is 0.875. The summed E-state index contributed by atoms with van der Waals surface area (Å²) in [4.78, 5) is 0. The minimum atomic E-state index is 0.0698. The highest BCUT2D eigenvalue weighted by atomic mass is 16.5. The molecule has 0 N–H and O–H groups in total. The number of fused-ring (bicyclic) bond motifs is 1. The monoisotopic (exact) mass is 234 g/mol. The van der Waals surface area contributed by atoms with E-state index in [0.29, 0.717) is 17.8 Å². The summed E-state index contributed by atoms with van der Waals surface area (Å²) in [6.45, 7) is 13.8. The third-order valence-electron chi connectivity index (χ3n) is 5.93. The van der Waals surface area contributed by atoms with Crippen LogP contribution in [0.25, 0.3) is 0 Å². The van der Waals surface area contributed by atoms with Crippen LogP contribution in [0.15, 0.2) is 12.2 Å². The summed E-state index contributed by atoms with van der Waals surface area (Å²) < 4.78 is 6.69. The van der Waals surface area contributed by atoms with Crippen LogP contribution in [0.5, 0.6) is 0 Å². The van der Waals surface area contributed by atoms with Gasteiger partial charge in [-0.2, -0.15) is 0 Å². The standard InChI is InChI=1S/C16H26O/c1-10(2)14-9-16-12(4)6-7-13(16)11(3)8-15(14,5)17-16/h10,12-14H,3,6-9H2,1-2,4-5H3/t12-,13-,14+,15-,16+/m0/s1. The van der Waals surface area contributed by atoms with Gasteiger partial charge in [0.15, 0.2) is 0 Å². The van der Waals surface area contributed by atoms with E-state index in [9.17, 15) is 0 Å². The van der Waals surface area contributed by atoms with Crippen molar-refractivity contribution in [2.45, 2.75) is 64.6 Å². The van der Waals surface area contributed by atoms with E-state index in [1.54, 1.807) is 0 Å². The Hall–Kier alpha value is -0.300. The maximum atomic E-state index is 6.69. The molecule has 0 radical (unpaired) electrons. The number of hydrogen-bond donors (Lipinski definition) is 0. The van der Waals surface area contributed by atoms with Gasteiger partial charge in [-0.1, -0.05) is 32.9 Å². The minimum absolute atomic E-state index is 0.0698. The normalized spacial score (nSPS) is 53.2. The number of ether oxygens (including phenoxy) is 1. The molecule has 2 aliphatic heterocycles. The summed E-state index contributed by atoms with van der Waals surface area (Å²) in [5.74, 6) is 2.80. The van der Waals surface area contributed by atoms with Gasteiger partial charge in [0.05, 0.1) is 11.2 Å². The van der Waals surface area contributed by atoms with E-state index in [2.05, 4.69) is 34.3 Å². The van der Waals surface area contributed by atoms with Gasteiger partial charge in [0.25, 0.3) is 0 Å². The van der Waals surface area contributed by atoms with Crippen molar-refractivity contribution in [3.63, 3.8) is 0 Å². The molecule has 2 bridgehead atoms. The maximum absolute atomic E-state index is 6.69. The fourth-order valence-corrected chi connectivity index (χ4v) is 5.11. The van der Waals surface area contributed by atoms with Crippen LogP contribution in [-0.4, -0.2) is 11.2 Å². The molecule has 3 fully saturated rings. The van der Waals surface area contributed by atoms with Gasteiger partial charge in [0.2, 0.25) is 0 Å². The molecule has 96 valence electrons. The van der Waals surface area contributed by atoms with Crippen molar-refractivity contribution >= 4 is 0 Å². The molecule has 1 heteroatoms. The first kappa shape index (κ1) is 11.8. The van der Waals surface area contributed by atoms with Gasteiger partial charge >= 0.3 is 0 Å². The zero-order valence-corrected chi connectivity index (χ0v) is 11.8. The van der Waals surface area contributed by atoms with Crippen molar-refractivity contribution in [3.05, 3.63) is 12.2 Å². The molecule has 0 aromatic heterocycles. The van der Waals surface area contributed by atoms with E-state index in [4.69, 9.17) is 4.74 Å². The highest BCUT2D eigenvalue weighted by Crippen LogP contribution is 2.64. The molecule has 0 unspecified atom stereocenters. The first-order chi connectivity index (χ1) is 7.89. The molecule has 17 heavy (non-hydrogen) atoms. The first-order valence-corrected chi connectivity index (χ1v) is 7.27. The Morgan fingerprint density at radius 1 is 1.35 bits per heavy atom. The van der Waals surface area contributed by atoms with Crippen molar-refractivity contribution in [2.24, 2.45) is 23.7 Å². The van der Waals surface area contributed by atoms with Crippen molar-refractivity contribution < 1.29 is 4.74 Å². The topological polar surface area (TPSA) is 9.23 Å². The van der Waals surface area contributed by atoms with E-state index in [-0.39, 0.29) is 11.2 Å². The summed E-state index contributed by atoms with van der Waals surface area (Å²) in [5, 5.41) is 0.